The predicted octanol–water partition coefficient (Wildman–Crippen LogP) is 5.19. The number of aromatic nitrogens is 1. The number of primary amides is 1. The highest BCUT2D eigenvalue weighted by atomic mass is 35.5. The van der Waals surface area contributed by atoms with Gasteiger partial charge in [0, 0.05) is 40.4 Å². The fourth-order valence-corrected chi connectivity index (χ4v) is 5.55. The van der Waals surface area contributed by atoms with E-state index in [9.17, 15) is 14.0 Å². The third-order valence-electron chi connectivity index (χ3n) is 8.13. The van der Waals surface area contributed by atoms with Crippen molar-refractivity contribution in [1.82, 2.24) is 15.6 Å². The summed E-state index contributed by atoms with van der Waals surface area (Å²) in [6.07, 6.45) is 1.89. The molecule has 2 aliphatic rings. The number of hydrogen-bond donors (Lipinski definition) is 3. The lowest BCUT2D eigenvalue weighted by molar-refractivity contribution is -0.125. The summed E-state index contributed by atoms with van der Waals surface area (Å²) in [5.74, 6) is -0.722. The zero-order chi connectivity index (χ0) is 29.0. The Morgan fingerprint density at radius 3 is 2.58 bits per heavy atom. The van der Waals surface area contributed by atoms with Crippen molar-refractivity contribution in [2.45, 2.75) is 40.2 Å². The molecule has 2 aromatic carbocycles. The zero-order valence-corrected chi connectivity index (χ0v) is 23.9. The number of ether oxygens (including phenoxy) is 1. The third-order valence-corrected chi connectivity index (χ3v) is 8.42. The molecule has 0 spiro atoms. The molecule has 40 heavy (non-hydrogen) atoms. The highest BCUT2D eigenvalue weighted by Gasteiger charge is 2.51. The van der Waals surface area contributed by atoms with Gasteiger partial charge in [-0.05, 0) is 75.2 Å². The van der Waals surface area contributed by atoms with Crippen LogP contribution < -0.4 is 16.4 Å². The largest absolute Gasteiger partial charge is 0.493 e. The van der Waals surface area contributed by atoms with Crippen molar-refractivity contribution in [3.63, 3.8) is 0 Å². The Bertz CT molecular complexity index is 1620. The van der Waals surface area contributed by atoms with Crippen molar-refractivity contribution in [2.24, 2.45) is 17.1 Å². The first-order valence-electron chi connectivity index (χ1n) is 13.1. The summed E-state index contributed by atoms with van der Waals surface area (Å²) in [6, 6.07) is 11.5. The van der Waals surface area contributed by atoms with E-state index in [1.54, 1.807) is 31.2 Å². The second-order valence-electron chi connectivity index (χ2n) is 11.1. The number of aryl methyl sites for hydroxylation is 2. The van der Waals surface area contributed by atoms with Gasteiger partial charge in [0.15, 0.2) is 0 Å². The average Bonchev–Trinajstić information content (AvgIpc) is 3.27. The molecule has 0 radical (unpaired) electrons. The van der Waals surface area contributed by atoms with Crippen molar-refractivity contribution in [3.8, 4) is 0 Å². The topological polar surface area (TPSA) is 106 Å². The van der Waals surface area contributed by atoms with Crippen LogP contribution in [0.3, 0.4) is 0 Å². The first-order chi connectivity index (χ1) is 18.8. The van der Waals surface area contributed by atoms with Crippen LogP contribution in [0.5, 0.6) is 0 Å². The highest BCUT2D eigenvalue weighted by Crippen LogP contribution is 2.48. The quantitative estimate of drug-likeness (QED) is 0.383. The van der Waals surface area contributed by atoms with Gasteiger partial charge in [-0.2, -0.15) is 0 Å². The first-order valence-corrected chi connectivity index (χ1v) is 13.5. The molecule has 9 heteroatoms. The minimum atomic E-state index is -1.03. The lowest BCUT2D eigenvalue weighted by Gasteiger charge is -2.39. The monoisotopic (exact) mass is 562 g/mol. The molecule has 3 heterocycles. The van der Waals surface area contributed by atoms with Gasteiger partial charge in [-0.25, -0.2) is 4.39 Å². The molecule has 2 aliphatic heterocycles. The van der Waals surface area contributed by atoms with Crippen molar-refractivity contribution in [3.05, 3.63) is 98.8 Å². The van der Waals surface area contributed by atoms with Crippen LogP contribution in [0.15, 0.2) is 65.6 Å². The maximum Gasteiger partial charge on any atom is 0.251 e. The van der Waals surface area contributed by atoms with E-state index in [2.05, 4.69) is 15.6 Å². The molecule has 3 atom stereocenters. The van der Waals surface area contributed by atoms with Crippen LogP contribution in [0.2, 0.25) is 5.02 Å². The fraction of sp³-hybridized carbons (Fsp3) is 0.323. The molecule has 0 aliphatic carbocycles. The molecule has 1 aromatic heterocycles. The van der Waals surface area contributed by atoms with Gasteiger partial charge in [0.05, 0.1) is 10.5 Å². The van der Waals surface area contributed by atoms with Crippen LogP contribution >= 0.6 is 11.6 Å². The van der Waals surface area contributed by atoms with E-state index in [0.29, 0.717) is 34.0 Å². The Labute approximate surface area is 237 Å². The summed E-state index contributed by atoms with van der Waals surface area (Å²) in [6.45, 7) is 9.95. The second-order valence-corrected chi connectivity index (χ2v) is 11.5. The predicted molar refractivity (Wildman–Crippen MR) is 153 cm³/mol. The highest BCUT2D eigenvalue weighted by molar-refractivity contribution is 6.35. The number of halogens is 2. The van der Waals surface area contributed by atoms with Crippen molar-refractivity contribution in [1.29, 1.82) is 0 Å². The molecular weight excluding hydrogens is 531 g/mol. The summed E-state index contributed by atoms with van der Waals surface area (Å²) in [5.41, 5.74) is 9.14. The Balaban J connectivity index is 1.43. The number of pyridine rings is 1. The van der Waals surface area contributed by atoms with Gasteiger partial charge < -0.3 is 21.1 Å². The number of nitrogens with one attached hydrogen (secondary N) is 2. The number of dihydropyridines is 1. The molecule has 4 N–H and O–H groups in total. The Morgan fingerprint density at radius 2 is 1.90 bits per heavy atom. The molecule has 3 aromatic rings. The molecule has 2 amide bonds. The van der Waals surface area contributed by atoms with Crippen molar-refractivity contribution in [2.75, 3.05) is 13.2 Å². The van der Waals surface area contributed by atoms with Crippen LogP contribution in [-0.4, -0.2) is 29.9 Å². The molecular formula is C31H32ClFN4O3. The second kappa shape index (κ2) is 9.93. The van der Waals surface area contributed by atoms with Gasteiger partial charge in [-0.15, -0.1) is 0 Å². The van der Waals surface area contributed by atoms with E-state index < -0.39 is 16.9 Å². The number of carbonyl (C=O) groups excluding carboxylic acids is 2. The molecule has 0 bridgehead atoms. The number of carbonyl (C=O) groups is 2. The maximum absolute atomic E-state index is 13.8. The average molecular weight is 563 g/mol. The van der Waals surface area contributed by atoms with E-state index in [0.717, 1.165) is 27.9 Å². The van der Waals surface area contributed by atoms with Crippen molar-refractivity contribution < 1.29 is 18.7 Å². The first kappa shape index (κ1) is 27.6. The van der Waals surface area contributed by atoms with E-state index in [1.165, 1.54) is 12.1 Å². The number of allylic oxidation sites excluding steroid dienone is 1. The van der Waals surface area contributed by atoms with Gasteiger partial charge in [0.2, 0.25) is 5.91 Å². The summed E-state index contributed by atoms with van der Waals surface area (Å²) >= 11 is 6.48. The number of nitrogens with two attached hydrogens (primary N) is 1. The zero-order valence-electron chi connectivity index (χ0n) is 23.1. The summed E-state index contributed by atoms with van der Waals surface area (Å²) in [4.78, 5) is 30.3. The maximum atomic E-state index is 13.8. The van der Waals surface area contributed by atoms with Gasteiger partial charge in [-0.3, -0.25) is 14.6 Å². The molecule has 208 valence electrons. The van der Waals surface area contributed by atoms with E-state index in [4.69, 9.17) is 22.1 Å². The molecule has 1 unspecified atom stereocenters. The van der Waals surface area contributed by atoms with Gasteiger partial charge in [0.1, 0.15) is 29.1 Å². The van der Waals surface area contributed by atoms with Gasteiger partial charge in [0.25, 0.3) is 5.91 Å². The summed E-state index contributed by atoms with van der Waals surface area (Å²) < 4.78 is 19.8. The minimum absolute atomic E-state index is 0.108. The summed E-state index contributed by atoms with van der Waals surface area (Å²) in [7, 11) is 0. The lowest BCUT2D eigenvalue weighted by Crippen LogP contribution is -2.47. The third kappa shape index (κ3) is 4.60. The van der Waals surface area contributed by atoms with Crippen LogP contribution in [0.1, 0.15) is 48.0 Å². The lowest BCUT2D eigenvalue weighted by atomic mass is 9.75. The van der Waals surface area contributed by atoms with Crippen LogP contribution in [0.4, 0.5) is 4.39 Å². The van der Waals surface area contributed by atoms with E-state index >= 15 is 0 Å². The molecule has 7 nitrogen and oxygen atoms in total. The Hall–Kier alpha value is -3.91. The van der Waals surface area contributed by atoms with Gasteiger partial charge in [-0.1, -0.05) is 30.7 Å². The summed E-state index contributed by atoms with van der Waals surface area (Å²) in [5, 5.41) is 7.76. The normalized spacial score (nSPS) is 22.7. The molecule has 5 rings (SSSR count). The van der Waals surface area contributed by atoms with Crippen molar-refractivity contribution >= 4 is 34.3 Å². The molecule has 0 saturated carbocycles. The van der Waals surface area contributed by atoms with E-state index in [-0.39, 0.29) is 24.2 Å². The number of fused-ring (bicyclic) bond motifs is 1. The number of benzene rings is 2. The standard InChI is InChI=1S/C31H32ClFN4O3/c1-16-10-19-11-20(12-24(32)26(19)36-18(16)3)28(38)35-14-17(2)25-13-23-27(40-15-30(23,4)29(34)39)31(5,37-25)21-6-8-22(33)9-7-21/h6-13,17,37H,14-15H2,1-5H3,(H2,34,39)(H,35,38)/t17-,30+,31?/m1/s1. The van der Waals surface area contributed by atoms with Crippen LogP contribution in [-0.2, 0) is 15.1 Å². The number of nitrogens with zero attached hydrogens (tertiary/aromatic N) is 1. The van der Waals surface area contributed by atoms with Crippen LogP contribution in [0, 0.1) is 31.0 Å². The molecule has 0 fully saturated rings. The van der Waals surface area contributed by atoms with Crippen LogP contribution in [0.25, 0.3) is 10.9 Å². The SMILES string of the molecule is Cc1cc2cc(C(=O)NC[C@@H](C)C3=CC4=C(OC[C@]4(C)C(N)=O)C(C)(c4ccc(F)cc4)N3)cc(Cl)c2nc1C. The molecule has 0 saturated heterocycles. The number of rotatable bonds is 6. The number of hydrogen-bond acceptors (Lipinski definition) is 5. The number of amides is 2. The Morgan fingerprint density at radius 1 is 1.20 bits per heavy atom. The van der Waals surface area contributed by atoms with Gasteiger partial charge >= 0.3 is 0 Å². The Kier molecular flexibility index (Phi) is 6.86. The minimum Gasteiger partial charge on any atom is -0.493 e. The van der Waals surface area contributed by atoms with E-state index in [1.807, 2.05) is 39.8 Å². The fourth-order valence-electron chi connectivity index (χ4n) is 5.28. The smallest absolute Gasteiger partial charge is 0.251 e.